The second-order valence-electron chi connectivity index (χ2n) is 7.93. The zero-order chi connectivity index (χ0) is 21.4. The van der Waals surface area contributed by atoms with E-state index in [1.165, 1.54) is 11.3 Å². The second-order valence-corrected chi connectivity index (χ2v) is 11.7. The third-order valence-electron chi connectivity index (χ3n) is 5.61. The lowest BCUT2D eigenvalue weighted by Gasteiger charge is -2.28. The van der Waals surface area contributed by atoms with Gasteiger partial charge in [-0.2, -0.15) is 0 Å². The van der Waals surface area contributed by atoms with Crippen LogP contribution in [0.15, 0.2) is 90.4 Å². The number of carbonyl (C=O) groups is 1. The van der Waals surface area contributed by atoms with Crippen LogP contribution in [0, 0.1) is 0 Å². The molecule has 0 aliphatic carbocycles. The Bertz CT molecular complexity index is 1150. The van der Waals surface area contributed by atoms with Crippen LogP contribution in [0.5, 0.6) is 5.75 Å². The predicted molar refractivity (Wildman–Crippen MR) is 129 cm³/mol. The molecule has 5 heteroatoms. The first kappa shape index (κ1) is 20.6. The topological polar surface area (TPSA) is 29.5 Å². The first-order chi connectivity index (χ1) is 14.3. The number of likely N-dealkylation sites (N-methyl/N-ethyl adjacent to an activating group) is 1. The number of hydrogen-bond donors (Lipinski definition) is 0. The number of para-hydroxylation sites is 1. The number of carbonyl (C=O) groups excluding carboxylic acids is 1. The summed E-state index contributed by atoms with van der Waals surface area (Å²) in [6, 6.07) is 25.6. The van der Waals surface area contributed by atoms with Gasteiger partial charge in [0.15, 0.2) is 6.26 Å². The molecule has 4 rings (SSSR count). The highest BCUT2D eigenvalue weighted by Gasteiger charge is 2.40. The number of hydrogen-bond acceptors (Lipinski definition) is 4. The summed E-state index contributed by atoms with van der Waals surface area (Å²) in [5.74, 6) is 2.83. The summed E-state index contributed by atoms with van der Waals surface area (Å²) in [5.41, 5.74) is 4.04. The molecule has 1 atom stereocenters. The molecule has 1 heterocycles. The highest BCUT2D eigenvalue weighted by atomic mass is 32.4. The van der Waals surface area contributed by atoms with Crippen molar-refractivity contribution in [3.05, 3.63) is 102 Å². The molecule has 1 unspecified atom stereocenters. The maximum atomic E-state index is 11.0. The number of rotatable bonds is 5. The number of anilines is 1. The lowest BCUT2D eigenvalue weighted by Crippen LogP contribution is -2.24. The minimum absolute atomic E-state index is 0.186. The molecule has 30 heavy (non-hydrogen) atoms. The summed E-state index contributed by atoms with van der Waals surface area (Å²) < 4.78 is 6.50. The van der Waals surface area contributed by atoms with Crippen LogP contribution in [0.4, 0.5) is 5.69 Å². The smallest absolute Gasteiger partial charge is 0.166 e. The molecule has 0 amide bonds. The van der Waals surface area contributed by atoms with Crippen molar-refractivity contribution < 1.29 is 9.32 Å². The zero-order valence-corrected chi connectivity index (χ0v) is 19.0. The lowest BCUT2D eigenvalue weighted by molar-refractivity contribution is 0.112. The molecule has 0 bridgehead atoms. The van der Waals surface area contributed by atoms with Crippen molar-refractivity contribution in [3.63, 3.8) is 0 Å². The largest absolute Gasteiger partial charge is 0.458 e. The van der Waals surface area contributed by atoms with Crippen molar-refractivity contribution in [1.82, 2.24) is 0 Å². The van der Waals surface area contributed by atoms with Crippen LogP contribution in [-0.4, -0.2) is 13.3 Å². The van der Waals surface area contributed by atoms with E-state index in [1.807, 2.05) is 42.5 Å². The van der Waals surface area contributed by atoms with Gasteiger partial charge in [-0.1, -0.05) is 62.4 Å². The Labute approximate surface area is 183 Å². The third kappa shape index (κ3) is 3.62. The van der Waals surface area contributed by atoms with Gasteiger partial charge >= 0.3 is 0 Å². The number of benzene rings is 3. The van der Waals surface area contributed by atoms with Crippen LogP contribution in [0.2, 0.25) is 0 Å². The van der Waals surface area contributed by atoms with Crippen LogP contribution in [0.3, 0.4) is 0 Å². The first-order valence-corrected chi connectivity index (χ1v) is 12.6. The summed E-state index contributed by atoms with van der Waals surface area (Å²) in [6.45, 7) is 4.45. The highest BCUT2D eigenvalue weighted by molar-refractivity contribution is 8.17. The minimum atomic E-state index is -2.57. The predicted octanol–water partition coefficient (Wildman–Crippen LogP) is 5.87. The van der Waals surface area contributed by atoms with E-state index in [-0.39, 0.29) is 5.41 Å². The summed E-state index contributed by atoms with van der Waals surface area (Å²) in [4.78, 5) is 13.2. The first-order valence-electron chi connectivity index (χ1n) is 9.82. The number of allylic oxidation sites excluding steroid dienone is 1. The Morgan fingerprint density at radius 1 is 0.933 bits per heavy atom. The molecular weight excluding hydrogens is 409 g/mol. The van der Waals surface area contributed by atoms with Crippen molar-refractivity contribution in [1.29, 1.82) is 0 Å². The molecule has 1 aliphatic heterocycles. The Balaban J connectivity index is 1.83. The van der Waals surface area contributed by atoms with Crippen molar-refractivity contribution in [3.8, 4) is 5.75 Å². The highest BCUT2D eigenvalue weighted by Crippen LogP contribution is 2.55. The monoisotopic (exact) mass is 433 g/mol. The molecule has 3 aromatic carbocycles. The van der Waals surface area contributed by atoms with Crippen molar-refractivity contribution >= 4 is 35.3 Å². The Hall–Kier alpha value is -2.68. The maximum absolute atomic E-state index is 11.0. The number of aldehydes is 1. The van der Waals surface area contributed by atoms with E-state index in [9.17, 15) is 4.79 Å². The molecule has 152 valence electrons. The molecule has 1 aliphatic rings. The maximum Gasteiger partial charge on any atom is 0.166 e. The Kier molecular flexibility index (Phi) is 5.40. The molecule has 3 nitrogen and oxygen atoms in total. The van der Waals surface area contributed by atoms with Crippen LogP contribution in [-0.2, 0) is 17.2 Å². The van der Waals surface area contributed by atoms with Gasteiger partial charge in [-0.25, -0.2) is 0 Å². The number of nitrogens with zero attached hydrogens (tertiary/aromatic N) is 1. The molecule has 0 N–H and O–H groups in total. The van der Waals surface area contributed by atoms with Gasteiger partial charge in [-0.15, -0.1) is 0 Å². The van der Waals surface area contributed by atoms with E-state index in [1.54, 1.807) is 12.1 Å². The molecule has 0 saturated heterocycles. The van der Waals surface area contributed by atoms with Gasteiger partial charge in [0.2, 0.25) is 0 Å². The summed E-state index contributed by atoms with van der Waals surface area (Å²) in [6.07, 6.45) is -1.75. The number of fused-ring (bicyclic) bond motifs is 1. The van der Waals surface area contributed by atoms with Gasteiger partial charge in [0.25, 0.3) is 0 Å². The van der Waals surface area contributed by atoms with Gasteiger partial charge in [0.1, 0.15) is 12.0 Å². The van der Waals surface area contributed by atoms with Gasteiger partial charge < -0.3 is 9.42 Å². The van der Waals surface area contributed by atoms with Crippen LogP contribution in [0.1, 0.15) is 29.8 Å². The van der Waals surface area contributed by atoms with Gasteiger partial charge in [-0.05, 0) is 47.7 Å². The van der Waals surface area contributed by atoms with E-state index >= 15 is 0 Å². The molecular formula is C25H24NO2PS. The normalized spacial score (nSPS) is 18.0. The van der Waals surface area contributed by atoms with Crippen LogP contribution >= 0.6 is 6.26 Å². The van der Waals surface area contributed by atoms with Crippen molar-refractivity contribution in [2.75, 3.05) is 11.9 Å². The second kappa shape index (κ2) is 7.86. The summed E-state index contributed by atoms with van der Waals surface area (Å²) >= 11 is 6.23. The van der Waals surface area contributed by atoms with Crippen molar-refractivity contribution in [2.45, 2.75) is 19.3 Å². The quantitative estimate of drug-likeness (QED) is 0.372. The fourth-order valence-corrected chi connectivity index (χ4v) is 7.01. The Morgan fingerprint density at radius 3 is 2.20 bits per heavy atom. The molecule has 3 aromatic rings. The molecule has 0 aromatic heterocycles. The van der Waals surface area contributed by atoms with Gasteiger partial charge in [0.05, 0.1) is 0 Å². The fourth-order valence-electron chi connectivity index (χ4n) is 3.94. The SMILES string of the molecule is CN1C(=CP(=S)(Oc2ccc(C=O)cc2)c2ccccc2)C(C)(C)c2ccccc21. The molecule has 0 fully saturated rings. The average Bonchev–Trinajstić information content (AvgIpc) is 2.96. The van der Waals surface area contributed by atoms with Gasteiger partial charge in [0, 0.05) is 40.5 Å². The van der Waals surface area contributed by atoms with E-state index in [4.69, 9.17) is 16.3 Å². The van der Waals surface area contributed by atoms with Crippen LogP contribution in [0.25, 0.3) is 0 Å². The average molecular weight is 434 g/mol. The Morgan fingerprint density at radius 2 is 1.57 bits per heavy atom. The van der Waals surface area contributed by atoms with Crippen LogP contribution < -0.4 is 14.7 Å². The molecule has 0 spiro atoms. The van der Waals surface area contributed by atoms with E-state index in [2.05, 4.69) is 55.9 Å². The summed E-state index contributed by atoms with van der Waals surface area (Å²) in [7, 11) is 2.09. The molecule has 0 radical (unpaired) electrons. The summed E-state index contributed by atoms with van der Waals surface area (Å²) in [5, 5.41) is 0.993. The van der Waals surface area contributed by atoms with E-state index in [0.29, 0.717) is 11.3 Å². The zero-order valence-electron chi connectivity index (χ0n) is 17.3. The molecule has 0 saturated carbocycles. The third-order valence-corrected chi connectivity index (χ3v) is 8.86. The minimum Gasteiger partial charge on any atom is -0.458 e. The standard InChI is InChI=1S/C25H24NO2PS/c1-25(2)22-11-7-8-12-23(22)26(3)24(25)18-29(30,21-9-5-4-6-10-21)28-20-15-13-19(17-27)14-16-20/h4-18H,1-3H3. The lowest BCUT2D eigenvalue weighted by atomic mass is 9.84. The fraction of sp³-hybridized carbons (Fsp3) is 0.160. The van der Waals surface area contributed by atoms with E-state index < -0.39 is 6.26 Å². The van der Waals surface area contributed by atoms with Crippen molar-refractivity contribution in [2.24, 2.45) is 0 Å². The van der Waals surface area contributed by atoms with E-state index in [0.717, 1.165) is 17.3 Å². The van der Waals surface area contributed by atoms with Gasteiger partial charge in [-0.3, -0.25) is 4.79 Å².